The van der Waals surface area contributed by atoms with Crippen LogP contribution in [0.4, 0.5) is 92.2 Å². The lowest BCUT2D eigenvalue weighted by molar-refractivity contribution is -0.474. The van der Waals surface area contributed by atoms with Crippen molar-refractivity contribution in [3.05, 3.63) is 0 Å². The molecule has 40 heavy (non-hydrogen) atoms. The fourth-order valence-corrected chi connectivity index (χ4v) is 3.35. The van der Waals surface area contributed by atoms with Crippen molar-refractivity contribution in [3.63, 3.8) is 0 Å². The van der Waals surface area contributed by atoms with Crippen molar-refractivity contribution in [2.24, 2.45) is 0 Å². The molecule has 0 aromatic carbocycles. The summed E-state index contributed by atoms with van der Waals surface area (Å²) in [7, 11) is 0. The first-order chi connectivity index (χ1) is 17.2. The summed E-state index contributed by atoms with van der Waals surface area (Å²) < 4.78 is 287. The Hall–Kier alpha value is -0.820. The second-order valence-corrected chi connectivity index (χ2v) is 9.85. The van der Waals surface area contributed by atoms with Gasteiger partial charge in [-0.2, -0.15) is 92.2 Å². The van der Waals surface area contributed by atoms with Gasteiger partial charge in [0.15, 0.2) is 0 Å². The van der Waals surface area contributed by atoms with Crippen LogP contribution in [0.5, 0.6) is 0 Å². The molecule has 0 aromatic heterocycles. The predicted octanol–water partition coefficient (Wildman–Crippen LogP) is 7.88. The molecule has 2 unspecified atom stereocenters. The molecule has 0 amide bonds. The van der Waals surface area contributed by atoms with Gasteiger partial charge in [0, 0.05) is 10.3 Å². The van der Waals surface area contributed by atoms with E-state index in [1.165, 1.54) is 0 Å². The van der Waals surface area contributed by atoms with E-state index in [0.29, 0.717) is 0 Å². The highest BCUT2D eigenvalue weighted by Gasteiger charge is 2.97. The molecule has 1 heterocycles. The minimum absolute atomic E-state index is 0.0825. The molecule has 0 saturated carbocycles. The standard InChI is InChI=1S/C16H10F21IO2/c17-7(18,1-5(38)2-39-3-6-4-40-6)8(19,20)9(21,22)10(23,24)11(25,26)12(27,28)13(29,30)14(31,32)15(33,34)16(35,36)37/h5-6H,1-4H2. The van der Waals surface area contributed by atoms with Gasteiger partial charge < -0.3 is 9.47 Å². The van der Waals surface area contributed by atoms with Gasteiger partial charge in [0.25, 0.3) is 0 Å². The summed E-state index contributed by atoms with van der Waals surface area (Å²) in [5.41, 5.74) is 0. The van der Waals surface area contributed by atoms with E-state index in [9.17, 15) is 92.2 Å². The Kier molecular flexibility index (Phi) is 9.69. The summed E-state index contributed by atoms with van der Waals surface area (Å²) in [6, 6.07) is 0. The van der Waals surface area contributed by atoms with Crippen LogP contribution in [0, 0.1) is 0 Å². The minimum Gasteiger partial charge on any atom is -0.378 e. The van der Waals surface area contributed by atoms with E-state index in [0.717, 1.165) is 22.6 Å². The first kappa shape index (κ1) is 37.2. The van der Waals surface area contributed by atoms with E-state index in [1.807, 2.05) is 0 Å². The lowest BCUT2D eigenvalue weighted by atomic mass is 9.85. The third-order valence-corrected chi connectivity index (χ3v) is 5.86. The molecule has 2 nitrogen and oxygen atoms in total. The molecule has 0 N–H and O–H groups in total. The number of hydrogen-bond donors (Lipinski definition) is 0. The summed E-state index contributed by atoms with van der Waals surface area (Å²) in [6.45, 7) is -1.38. The predicted molar refractivity (Wildman–Crippen MR) is 93.6 cm³/mol. The van der Waals surface area contributed by atoms with Crippen molar-refractivity contribution in [2.75, 3.05) is 19.8 Å². The number of ether oxygens (including phenoxy) is 2. The van der Waals surface area contributed by atoms with Crippen molar-refractivity contribution < 1.29 is 102 Å². The van der Waals surface area contributed by atoms with Crippen molar-refractivity contribution in [2.45, 2.75) is 75.9 Å². The highest BCUT2D eigenvalue weighted by atomic mass is 127. The average molecular weight is 760 g/mol. The van der Waals surface area contributed by atoms with Crippen LogP contribution in [-0.2, 0) is 9.47 Å². The fraction of sp³-hybridized carbons (Fsp3) is 1.00. The van der Waals surface area contributed by atoms with Crippen LogP contribution in [0.1, 0.15) is 6.42 Å². The molecular formula is C16H10F21IO2. The van der Waals surface area contributed by atoms with Gasteiger partial charge in [-0.3, -0.25) is 0 Å². The molecule has 1 aliphatic heterocycles. The van der Waals surface area contributed by atoms with Crippen LogP contribution in [0.3, 0.4) is 0 Å². The fourth-order valence-electron chi connectivity index (χ4n) is 2.55. The molecular weight excluding hydrogens is 750 g/mol. The lowest BCUT2D eigenvalue weighted by Crippen LogP contribution is -2.76. The second-order valence-electron chi connectivity index (χ2n) is 8.09. The Morgan fingerprint density at radius 2 is 0.850 bits per heavy atom. The Morgan fingerprint density at radius 3 is 1.15 bits per heavy atom. The zero-order valence-corrected chi connectivity index (χ0v) is 20.3. The van der Waals surface area contributed by atoms with Crippen molar-refractivity contribution in [3.8, 4) is 0 Å². The van der Waals surface area contributed by atoms with Crippen LogP contribution in [-0.4, -0.2) is 89.3 Å². The average Bonchev–Trinajstić information content (AvgIpc) is 3.55. The Morgan fingerprint density at radius 1 is 0.550 bits per heavy atom. The molecule has 1 fully saturated rings. The summed E-state index contributed by atoms with van der Waals surface area (Å²) in [5.74, 6) is -76.8. The molecule has 24 heteroatoms. The SMILES string of the molecule is FC(F)(F)C(F)(F)C(F)(F)C(F)(F)C(F)(F)C(F)(F)C(F)(F)C(F)(F)C(F)(F)C(F)(F)CC(I)COCC1CO1. The molecule has 2 atom stereocenters. The van der Waals surface area contributed by atoms with E-state index in [-0.39, 0.29) is 6.61 Å². The first-order valence-electron chi connectivity index (χ1n) is 9.53. The molecule has 240 valence electrons. The summed E-state index contributed by atoms with van der Waals surface area (Å²) in [6.07, 6.45) is -11.3. The van der Waals surface area contributed by atoms with Crippen molar-refractivity contribution >= 4 is 22.6 Å². The van der Waals surface area contributed by atoms with Gasteiger partial charge in [-0.1, -0.05) is 22.6 Å². The molecule has 0 aromatic rings. The van der Waals surface area contributed by atoms with Crippen LogP contribution < -0.4 is 0 Å². The number of rotatable bonds is 14. The van der Waals surface area contributed by atoms with Gasteiger partial charge in [0.1, 0.15) is 6.10 Å². The van der Waals surface area contributed by atoms with Crippen LogP contribution in [0.15, 0.2) is 0 Å². The van der Waals surface area contributed by atoms with Gasteiger partial charge >= 0.3 is 59.5 Å². The smallest absolute Gasteiger partial charge is 0.378 e. The highest BCUT2D eigenvalue weighted by molar-refractivity contribution is 14.1. The molecule has 1 saturated heterocycles. The van der Waals surface area contributed by atoms with Gasteiger partial charge in [0.05, 0.1) is 19.8 Å². The normalized spacial score (nSPS) is 20.1. The van der Waals surface area contributed by atoms with E-state index >= 15 is 0 Å². The Balaban J connectivity index is 3.50. The monoisotopic (exact) mass is 760 g/mol. The van der Waals surface area contributed by atoms with Gasteiger partial charge in [-0.15, -0.1) is 0 Å². The minimum atomic E-state index is -9.17. The van der Waals surface area contributed by atoms with Crippen molar-refractivity contribution in [1.82, 2.24) is 0 Å². The zero-order chi connectivity index (χ0) is 32.4. The quantitative estimate of drug-likeness (QED) is 0.0779. The summed E-state index contributed by atoms with van der Waals surface area (Å²) in [5, 5.41) is 0. The maximum absolute atomic E-state index is 13.9. The van der Waals surface area contributed by atoms with E-state index in [1.54, 1.807) is 0 Å². The number of hydrogen-bond acceptors (Lipinski definition) is 2. The molecule has 1 rings (SSSR count). The zero-order valence-electron chi connectivity index (χ0n) is 18.1. The van der Waals surface area contributed by atoms with E-state index in [2.05, 4.69) is 9.47 Å². The molecule has 0 aliphatic carbocycles. The second kappa shape index (κ2) is 10.4. The Bertz CT molecular complexity index is 894. The van der Waals surface area contributed by atoms with Gasteiger partial charge in [-0.25, -0.2) is 0 Å². The van der Waals surface area contributed by atoms with Crippen molar-refractivity contribution in [1.29, 1.82) is 0 Å². The first-order valence-corrected chi connectivity index (χ1v) is 10.8. The molecule has 0 radical (unpaired) electrons. The Labute approximate surface area is 220 Å². The number of epoxide rings is 1. The van der Waals surface area contributed by atoms with E-state index < -0.39 is 89.1 Å². The molecule has 0 bridgehead atoms. The van der Waals surface area contributed by atoms with Crippen LogP contribution in [0.25, 0.3) is 0 Å². The van der Waals surface area contributed by atoms with Gasteiger partial charge in [0.2, 0.25) is 0 Å². The highest BCUT2D eigenvalue weighted by Crippen LogP contribution is 2.66. The maximum Gasteiger partial charge on any atom is 0.460 e. The van der Waals surface area contributed by atoms with Gasteiger partial charge in [-0.05, 0) is 0 Å². The van der Waals surface area contributed by atoms with E-state index in [4.69, 9.17) is 0 Å². The molecule has 1 aliphatic rings. The largest absolute Gasteiger partial charge is 0.460 e. The third-order valence-electron chi connectivity index (χ3n) is 5.06. The summed E-state index contributed by atoms with van der Waals surface area (Å²) >= 11 is 0.760. The van der Waals surface area contributed by atoms with Crippen LogP contribution in [0.2, 0.25) is 0 Å². The maximum atomic E-state index is 13.9. The number of alkyl halides is 22. The van der Waals surface area contributed by atoms with Crippen LogP contribution >= 0.6 is 22.6 Å². The number of halogens is 22. The molecule has 0 spiro atoms. The third kappa shape index (κ3) is 5.49. The lowest BCUT2D eigenvalue weighted by Gasteiger charge is -2.44. The topological polar surface area (TPSA) is 21.8 Å². The summed E-state index contributed by atoms with van der Waals surface area (Å²) in [4.78, 5) is 0.